The summed E-state index contributed by atoms with van der Waals surface area (Å²) < 4.78 is 45.5. The Morgan fingerprint density at radius 3 is 2.62 bits per heavy atom. The molecule has 5 nitrogen and oxygen atoms in total. The fraction of sp³-hybridized carbons (Fsp3) is 0.500. The summed E-state index contributed by atoms with van der Waals surface area (Å²) in [4.78, 5) is 18.2. The molecule has 34 heavy (non-hydrogen) atoms. The summed E-state index contributed by atoms with van der Waals surface area (Å²) >= 11 is 0. The van der Waals surface area contributed by atoms with Crippen LogP contribution in [0.3, 0.4) is 0 Å². The number of nitrogens with zero attached hydrogens (tertiary/aromatic N) is 2. The third kappa shape index (κ3) is 4.48. The van der Waals surface area contributed by atoms with Gasteiger partial charge in [0, 0.05) is 43.1 Å². The zero-order valence-corrected chi connectivity index (χ0v) is 19.3. The molecule has 3 aliphatic rings. The van der Waals surface area contributed by atoms with Crippen molar-refractivity contribution in [3.05, 3.63) is 53.6 Å². The van der Waals surface area contributed by atoms with Crippen LogP contribution in [0, 0.1) is 5.92 Å². The van der Waals surface area contributed by atoms with Gasteiger partial charge in [-0.25, -0.2) is 0 Å². The van der Waals surface area contributed by atoms with Crippen molar-refractivity contribution in [1.82, 2.24) is 4.90 Å². The molecule has 8 heteroatoms. The van der Waals surface area contributed by atoms with Gasteiger partial charge >= 0.3 is 6.18 Å². The van der Waals surface area contributed by atoms with Gasteiger partial charge in [-0.1, -0.05) is 18.9 Å². The van der Waals surface area contributed by atoms with Gasteiger partial charge in [-0.3, -0.25) is 9.69 Å². The van der Waals surface area contributed by atoms with E-state index in [1.165, 1.54) is 31.7 Å². The lowest BCUT2D eigenvalue weighted by molar-refractivity contribution is -0.137. The number of carbonyl (C=O) groups excluding carboxylic acids is 1. The summed E-state index contributed by atoms with van der Waals surface area (Å²) in [6, 6.07) is 11.6. The summed E-state index contributed by atoms with van der Waals surface area (Å²) in [5.41, 5.74) is 1.37. The van der Waals surface area contributed by atoms with Crippen LogP contribution in [-0.4, -0.2) is 49.6 Å². The Morgan fingerprint density at radius 1 is 1.09 bits per heavy atom. The molecule has 1 saturated carbocycles. The van der Waals surface area contributed by atoms with Gasteiger partial charge in [-0.05, 0) is 55.2 Å². The Kier molecular flexibility index (Phi) is 6.18. The standard InChI is InChI=1S/C26H30F3N3O2/c1-34-21-8-4-5-19(15-21)30-25(33)22-14-17-13-18(26(27,28)29)9-10-23(17)32-12-11-31(16-24(22)32)20-6-2-3-7-20/h4-5,8-10,13,15,20,22,24H,2-3,6-7,11-12,14,16H2,1H3,(H,30,33)/t22-,24-/m1/s1. The van der Waals surface area contributed by atoms with E-state index in [4.69, 9.17) is 4.74 Å². The van der Waals surface area contributed by atoms with Crippen LogP contribution in [0.2, 0.25) is 0 Å². The van der Waals surface area contributed by atoms with Crippen molar-refractivity contribution in [2.24, 2.45) is 5.92 Å². The Morgan fingerprint density at radius 2 is 1.88 bits per heavy atom. The maximum Gasteiger partial charge on any atom is 0.416 e. The van der Waals surface area contributed by atoms with Gasteiger partial charge < -0.3 is 15.0 Å². The van der Waals surface area contributed by atoms with Gasteiger partial charge in [0.1, 0.15) is 5.75 Å². The van der Waals surface area contributed by atoms with Crippen molar-refractivity contribution >= 4 is 17.3 Å². The van der Waals surface area contributed by atoms with Crippen LogP contribution in [0.1, 0.15) is 36.8 Å². The van der Waals surface area contributed by atoms with Crippen LogP contribution in [0.5, 0.6) is 5.75 Å². The molecule has 1 aliphatic carbocycles. The maximum absolute atomic E-state index is 13.5. The molecule has 2 aromatic carbocycles. The molecule has 1 saturated heterocycles. The highest BCUT2D eigenvalue weighted by atomic mass is 19.4. The molecule has 182 valence electrons. The molecule has 5 rings (SSSR count). The summed E-state index contributed by atoms with van der Waals surface area (Å²) in [6.07, 6.45) is 0.703. The summed E-state index contributed by atoms with van der Waals surface area (Å²) in [6.45, 7) is 2.33. The second-order valence-electron chi connectivity index (χ2n) is 9.57. The Hall–Kier alpha value is -2.74. The Balaban J connectivity index is 1.45. The van der Waals surface area contributed by atoms with Gasteiger partial charge in [0.15, 0.2) is 0 Å². The molecule has 0 bridgehead atoms. The Labute approximate surface area is 197 Å². The van der Waals surface area contributed by atoms with Gasteiger partial charge in [0.2, 0.25) is 5.91 Å². The average molecular weight is 474 g/mol. The lowest BCUT2D eigenvalue weighted by Gasteiger charge is -2.50. The number of ether oxygens (including phenoxy) is 1. The number of rotatable bonds is 4. The molecule has 0 aromatic heterocycles. The SMILES string of the molecule is COc1cccc(NC(=O)[C@@H]2Cc3cc(C(F)(F)F)ccc3N3CCN(C4CCCC4)C[C@H]23)c1. The van der Waals surface area contributed by atoms with Gasteiger partial charge in [-0.15, -0.1) is 0 Å². The van der Waals surface area contributed by atoms with E-state index >= 15 is 0 Å². The van der Waals surface area contributed by atoms with Crippen molar-refractivity contribution in [2.75, 3.05) is 37.0 Å². The first kappa shape index (κ1) is 23.0. The van der Waals surface area contributed by atoms with Gasteiger partial charge in [0.05, 0.1) is 24.6 Å². The molecule has 2 heterocycles. The predicted octanol–water partition coefficient (Wildman–Crippen LogP) is 4.96. The number of methoxy groups -OCH3 is 1. The fourth-order valence-corrected chi connectivity index (χ4v) is 5.86. The highest BCUT2D eigenvalue weighted by Crippen LogP contribution is 2.41. The van der Waals surface area contributed by atoms with E-state index < -0.39 is 17.7 Å². The molecule has 0 spiro atoms. The molecule has 2 atom stereocenters. The lowest BCUT2D eigenvalue weighted by Crippen LogP contribution is -2.61. The minimum absolute atomic E-state index is 0.0794. The smallest absolute Gasteiger partial charge is 0.416 e. The number of amides is 1. The average Bonchev–Trinajstić information content (AvgIpc) is 3.37. The number of halogens is 3. The van der Waals surface area contributed by atoms with Crippen LogP contribution in [-0.2, 0) is 17.4 Å². The van der Waals surface area contributed by atoms with Crippen molar-refractivity contribution in [2.45, 2.75) is 50.4 Å². The van der Waals surface area contributed by atoms with Crippen LogP contribution < -0.4 is 15.0 Å². The predicted molar refractivity (Wildman–Crippen MR) is 125 cm³/mol. The summed E-state index contributed by atoms with van der Waals surface area (Å²) in [5.74, 6) is 0.0132. The number of nitrogens with one attached hydrogen (secondary N) is 1. The molecular weight excluding hydrogens is 443 g/mol. The van der Waals surface area contributed by atoms with Crippen LogP contribution in [0.25, 0.3) is 0 Å². The van der Waals surface area contributed by atoms with E-state index in [1.807, 2.05) is 0 Å². The normalized spacial score (nSPS) is 23.4. The van der Waals surface area contributed by atoms with Crippen molar-refractivity contribution in [3.63, 3.8) is 0 Å². The number of carbonyl (C=O) groups is 1. The molecule has 2 fully saturated rings. The van der Waals surface area contributed by atoms with Crippen molar-refractivity contribution in [3.8, 4) is 5.75 Å². The summed E-state index contributed by atoms with van der Waals surface area (Å²) in [7, 11) is 1.56. The number of hydrogen-bond donors (Lipinski definition) is 1. The second kappa shape index (κ2) is 9.13. The minimum atomic E-state index is -4.41. The highest BCUT2D eigenvalue weighted by Gasteiger charge is 2.44. The summed E-state index contributed by atoms with van der Waals surface area (Å²) in [5, 5.41) is 2.99. The largest absolute Gasteiger partial charge is 0.497 e. The fourth-order valence-electron chi connectivity index (χ4n) is 5.86. The first-order valence-electron chi connectivity index (χ1n) is 12.0. The zero-order chi connectivity index (χ0) is 23.9. The van der Waals surface area contributed by atoms with E-state index in [9.17, 15) is 18.0 Å². The van der Waals surface area contributed by atoms with Crippen LogP contribution in [0.15, 0.2) is 42.5 Å². The van der Waals surface area contributed by atoms with Crippen LogP contribution in [0.4, 0.5) is 24.5 Å². The molecule has 0 unspecified atom stereocenters. The topological polar surface area (TPSA) is 44.8 Å². The lowest BCUT2D eigenvalue weighted by atomic mass is 9.82. The van der Waals surface area contributed by atoms with Crippen molar-refractivity contribution < 1.29 is 22.7 Å². The van der Waals surface area contributed by atoms with Crippen LogP contribution >= 0.6 is 0 Å². The quantitative estimate of drug-likeness (QED) is 0.682. The molecule has 2 aliphatic heterocycles. The molecular formula is C26H30F3N3O2. The van der Waals surface area contributed by atoms with Gasteiger partial charge in [-0.2, -0.15) is 13.2 Å². The molecule has 1 N–H and O–H groups in total. The van der Waals surface area contributed by atoms with E-state index in [1.54, 1.807) is 37.4 Å². The number of fused-ring (bicyclic) bond motifs is 3. The molecule has 1 amide bonds. The third-order valence-electron chi connectivity index (χ3n) is 7.59. The molecule has 2 aromatic rings. The zero-order valence-electron chi connectivity index (χ0n) is 19.3. The monoisotopic (exact) mass is 473 g/mol. The number of anilines is 2. The van der Waals surface area contributed by atoms with E-state index in [0.29, 0.717) is 29.6 Å². The first-order chi connectivity index (χ1) is 16.3. The van der Waals surface area contributed by atoms with E-state index in [-0.39, 0.29) is 18.4 Å². The Bertz CT molecular complexity index is 1050. The number of piperazine rings is 1. The van der Waals surface area contributed by atoms with Crippen molar-refractivity contribution in [1.29, 1.82) is 0 Å². The number of benzene rings is 2. The van der Waals surface area contributed by atoms with E-state index in [2.05, 4.69) is 15.1 Å². The minimum Gasteiger partial charge on any atom is -0.497 e. The van der Waals surface area contributed by atoms with Gasteiger partial charge in [0.25, 0.3) is 0 Å². The third-order valence-corrected chi connectivity index (χ3v) is 7.59. The molecule has 0 radical (unpaired) electrons. The first-order valence-corrected chi connectivity index (χ1v) is 12.0. The second-order valence-corrected chi connectivity index (χ2v) is 9.57. The highest BCUT2D eigenvalue weighted by molar-refractivity contribution is 5.94. The van der Waals surface area contributed by atoms with E-state index in [0.717, 1.165) is 24.8 Å². The number of hydrogen-bond acceptors (Lipinski definition) is 4. The number of alkyl halides is 3. The maximum atomic E-state index is 13.5.